The number of carboxylic acid groups (broad SMARTS) is 1. The van der Waals surface area contributed by atoms with Gasteiger partial charge in [-0.05, 0) is 25.7 Å². The summed E-state index contributed by atoms with van der Waals surface area (Å²) in [5, 5.41) is 11.9. The molecule has 0 bridgehead atoms. The van der Waals surface area contributed by atoms with Crippen molar-refractivity contribution in [3.63, 3.8) is 0 Å². The zero-order valence-corrected chi connectivity index (χ0v) is 9.78. The molecule has 5 heteroatoms. The SMILES string of the molecule is COCCCOCCC1CCC(C(=O)O)N1. The van der Waals surface area contributed by atoms with Gasteiger partial charge in [0.05, 0.1) is 0 Å². The Morgan fingerprint density at radius 3 is 2.81 bits per heavy atom. The molecule has 94 valence electrons. The fraction of sp³-hybridized carbons (Fsp3) is 0.909. The van der Waals surface area contributed by atoms with E-state index in [1.54, 1.807) is 7.11 Å². The molecule has 0 saturated carbocycles. The molecule has 1 rings (SSSR count). The van der Waals surface area contributed by atoms with Crippen LogP contribution in [0.4, 0.5) is 0 Å². The lowest BCUT2D eigenvalue weighted by molar-refractivity contribution is -0.139. The summed E-state index contributed by atoms with van der Waals surface area (Å²) >= 11 is 0. The van der Waals surface area contributed by atoms with Gasteiger partial charge >= 0.3 is 5.97 Å². The van der Waals surface area contributed by atoms with E-state index >= 15 is 0 Å². The monoisotopic (exact) mass is 231 g/mol. The van der Waals surface area contributed by atoms with Gasteiger partial charge in [-0.2, -0.15) is 0 Å². The fourth-order valence-corrected chi connectivity index (χ4v) is 1.87. The molecular weight excluding hydrogens is 210 g/mol. The highest BCUT2D eigenvalue weighted by atomic mass is 16.5. The maximum Gasteiger partial charge on any atom is 0.320 e. The second kappa shape index (κ2) is 7.60. The largest absolute Gasteiger partial charge is 0.480 e. The van der Waals surface area contributed by atoms with Crippen molar-refractivity contribution >= 4 is 5.97 Å². The Labute approximate surface area is 96.1 Å². The number of carboxylic acids is 1. The third-order valence-corrected chi connectivity index (χ3v) is 2.79. The molecule has 1 fully saturated rings. The molecule has 0 spiro atoms. The molecule has 0 aromatic rings. The second-order valence-electron chi connectivity index (χ2n) is 4.08. The Morgan fingerprint density at radius 1 is 1.38 bits per heavy atom. The van der Waals surface area contributed by atoms with Gasteiger partial charge in [0.25, 0.3) is 0 Å². The van der Waals surface area contributed by atoms with Crippen LogP contribution in [-0.4, -0.2) is 50.1 Å². The molecule has 16 heavy (non-hydrogen) atoms. The summed E-state index contributed by atoms with van der Waals surface area (Å²) in [6.45, 7) is 2.12. The maximum atomic E-state index is 10.7. The van der Waals surface area contributed by atoms with E-state index in [0.717, 1.165) is 32.3 Å². The van der Waals surface area contributed by atoms with E-state index in [0.29, 0.717) is 19.3 Å². The highest BCUT2D eigenvalue weighted by Crippen LogP contribution is 2.15. The van der Waals surface area contributed by atoms with Crippen molar-refractivity contribution < 1.29 is 19.4 Å². The lowest BCUT2D eigenvalue weighted by Gasteiger charge is -2.11. The first kappa shape index (κ1) is 13.4. The molecule has 1 heterocycles. The van der Waals surface area contributed by atoms with Crippen LogP contribution in [0, 0.1) is 0 Å². The van der Waals surface area contributed by atoms with E-state index in [2.05, 4.69) is 5.32 Å². The summed E-state index contributed by atoms with van der Waals surface area (Å²) in [7, 11) is 1.68. The van der Waals surface area contributed by atoms with Gasteiger partial charge in [0.15, 0.2) is 0 Å². The molecular formula is C11H21NO4. The van der Waals surface area contributed by atoms with Crippen LogP contribution in [0.5, 0.6) is 0 Å². The van der Waals surface area contributed by atoms with Crippen molar-refractivity contribution in [2.24, 2.45) is 0 Å². The number of nitrogens with one attached hydrogen (secondary N) is 1. The normalized spacial score (nSPS) is 24.8. The van der Waals surface area contributed by atoms with Crippen LogP contribution in [0.15, 0.2) is 0 Å². The second-order valence-corrected chi connectivity index (χ2v) is 4.08. The lowest BCUT2D eigenvalue weighted by Crippen LogP contribution is -2.35. The van der Waals surface area contributed by atoms with Crippen molar-refractivity contribution in [1.82, 2.24) is 5.32 Å². The Hall–Kier alpha value is -0.650. The average Bonchev–Trinajstić information content (AvgIpc) is 2.72. The molecule has 0 aliphatic carbocycles. The lowest BCUT2D eigenvalue weighted by atomic mass is 10.1. The Kier molecular flexibility index (Phi) is 6.37. The first-order valence-electron chi connectivity index (χ1n) is 5.79. The number of aliphatic carboxylic acids is 1. The molecule has 1 aliphatic heterocycles. The number of ether oxygens (including phenoxy) is 2. The number of hydrogen-bond donors (Lipinski definition) is 2. The number of rotatable bonds is 8. The summed E-state index contributed by atoms with van der Waals surface area (Å²) in [6, 6.07) is -0.0676. The molecule has 1 saturated heterocycles. The predicted octanol–water partition coefficient (Wildman–Crippen LogP) is 0.635. The molecule has 2 unspecified atom stereocenters. The van der Waals surface area contributed by atoms with Gasteiger partial charge in [-0.1, -0.05) is 0 Å². The third kappa shape index (κ3) is 4.92. The smallest absolute Gasteiger partial charge is 0.320 e. The van der Waals surface area contributed by atoms with Crippen molar-refractivity contribution in [1.29, 1.82) is 0 Å². The Balaban J connectivity index is 1.96. The Bertz CT molecular complexity index is 210. The van der Waals surface area contributed by atoms with Gasteiger partial charge in [0.1, 0.15) is 6.04 Å². The van der Waals surface area contributed by atoms with Crippen molar-refractivity contribution in [2.45, 2.75) is 37.8 Å². The van der Waals surface area contributed by atoms with Crippen LogP contribution >= 0.6 is 0 Å². The molecule has 0 radical (unpaired) electrons. The summed E-state index contributed by atoms with van der Waals surface area (Å²) in [5.74, 6) is -0.747. The van der Waals surface area contributed by atoms with Crippen molar-refractivity contribution in [3.8, 4) is 0 Å². The van der Waals surface area contributed by atoms with Crippen LogP contribution in [0.1, 0.15) is 25.7 Å². The topological polar surface area (TPSA) is 67.8 Å². The minimum Gasteiger partial charge on any atom is -0.480 e. The molecule has 0 aromatic carbocycles. The van der Waals surface area contributed by atoms with Gasteiger partial charge in [0, 0.05) is 33.0 Å². The predicted molar refractivity (Wildman–Crippen MR) is 59.5 cm³/mol. The van der Waals surface area contributed by atoms with Gasteiger partial charge in [-0.15, -0.1) is 0 Å². The highest BCUT2D eigenvalue weighted by Gasteiger charge is 2.28. The van der Waals surface area contributed by atoms with E-state index in [4.69, 9.17) is 14.6 Å². The molecule has 2 atom stereocenters. The first-order valence-corrected chi connectivity index (χ1v) is 5.79. The van der Waals surface area contributed by atoms with Crippen LogP contribution in [0.2, 0.25) is 0 Å². The number of carbonyl (C=O) groups is 1. The standard InChI is InChI=1S/C11H21NO4/c1-15-6-2-7-16-8-5-9-3-4-10(12-9)11(13)14/h9-10,12H,2-8H2,1H3,(H,13,14). The summed E-state index contributed by atoms with van der Waals surface area (Å²) in [5.41, 5.74) is 0. The maximum absolute atomic E-state index is 10.7. The quantitative estimate of drug-likeness (QED) is 0.600. The third-order valence-electron chi connectivity index (χ3n) is 2.79. The zero-order valence-electron chi connectivity index (χ0n) is 9.78. The minimum absolute atomic E-state index is 0.295. The molecule has 5 nitrogen and oxygen atoms in total. The highest BCUT2D eigenvalue weighted by molar-refractivity contribution is 5.73. The van der Waals surface area contributed by atoms with E-state index in [1.807, 2.05) is 0 Å². The van der Waals surface area contributed by atoms with Crippen LogP contribution < -0.4 is 5.32 Å². The van der Waals surface area contributed by atoms with Crippen LogP contribution in [0.3, 0.4) is 0 Å². The minimum atomic E-state index is -0.747. The molecule has 0 amide bonds. The molecule has 2 N–H and O–H groups in total. The summed E-state index contributed by atoms with van der Waals surface area (Å²) in [4.78, 5) is 10.7. The molecule has 1 aliphatic rings. The van der Waals surface area contributed by atoms with E-state index in [9.17, 15) is 4.79 Å². The van der Waals surface area contributed by atoms with E-state index in [1.165, 1.54) is 0 Å². The summed E-state index contributed by atoms with van der Waals surface area (Å²) in [6.07, 6.45) is 3.45. The number of methoxy groups -OCH3 is 1. The van der Waals surface area contributed by atoms with Gasteiger partial charge in [-0.25, -0.2) is 0 Å². The zero-order chi connectivity index (χ0) is 11.8. The first-order chi connectivity index (χ1) is 7.74. The summed E-state index contributed by atoms with van der Waals surface area (Å²) < 4.78 is 10.3. The van der Waals surface area contributed by atoms with Gasteiger partial charge < -0.3 is 19.9 Å². The number of hydrogen-bond acceptors (Lipinski definition) is 4. The fourth-order valence-electron chi connectivity index (χ4n) is 1.87. The van der Waals surface area contributed by atoms with Crippen LogP contribution in [0.25, 0.3) is 0 Å². The van der Waals surface area contributed by atoms with E-state index in [-0.39, 0.29) is 6.04 Å². The molecule has 0 aromatic heterocycles. The average molecular weight is 231 g/mol. The Morgan fingerprint density at radius 2 is 2.19 bits per heavy atom. The van der Waals surface area contributed by atoms with Gasteiger partial charge in [-0.3, -0.25) is 4.79 Å². The van der Waals surface area contributed by atoms with E-state index < -0.39 is 5.97 Å². The van der Waals surface area contributed by atoms with Crippen molar-refractivity contribution in [3.05, 3.63) is 0 Å². The van der Waals surface area contributed by atoms with Gasteiger partial charge in [0.2, 0.25) is 0 Å². The van der Waals surface area contributed by atoms with Crippen LogP contribution in [-0.2, 0) is 14.3 Å². The van der Waals surface area contributed by atoms with Crippen molar-refractivity contribution in [2.75, 3.05) is 26.9 Å².